The molecule has 2 atom stereocenters. The van der Waals surface area contributed by atoms with Gasteiger partial charge in [-0.25, -0.2) is 0 Å². The lowest BCUT2D eigenvalue weighted by atomic mass is 9.89. The molecule has 22 heavy (non-hydrogen) atoms. The standard InChI is InChI=1S/C14H15F3N2O3/c1-19(7-11(20)14(15,16)17)13(22)9-6-12(21)18-10-5-3-2-4-8(9)10/h2-5,9,11,20H,6-7H2,1H3,(H,18,21). The van der Waals surface area contributed by atoms with Crippen LogP contribution in [0.4, 0.5) is 18.9 Å². The highest BCUT2D eigenvalue weighted by Crippen LogP contribution is 2.33. The number of halogens is 3. The maximum Gasteiger partial charge on any atom is 0.416 e. The molecule has 0 fully saturated rings. The number of aliphatic hydroxyl groups is 1. The Morgan fingerprint density at radius 3 is 2.73 bits per heavy atom. The first kappa shape index (κ1) is 16.3. The highest BCUT2D eigenvalue weighted by Gasteiger charge is 2.40. The van der Waals surface area contributed by atoms with E-state index in [0.29, 0.717) is 11.3 Å². The molecule has 2 rings (SSSR count). The van der Waals surface area contributed by atoms with E-state index in [9.17, 15) is 22.8 Å². The Hall–Kier alpha value is -2.09. The minimum Gasteiger partial charge on any atom is -0.382 e. The molecule has 120 valence electrons. The lowest BCUT2D eigenvalue weighted by Crippen LogP contribution is -2.44. The van der Waals surface area contributed by atoms with Gasteiger partial charge < -0.3 is 15.3 Å². The largest absolute Gasteiger partial charge is 0.416 e. The van der Waals surface area contributed by atoms with Crippen LogP contribution in [0.5, 0.6) is 0 Å². The average Bonchev–Trinajstić information content (AvgIpc) is 2.44. The van der Waals surface area contributed by atoms with Crippen LogP contribution in [0.25, 0.3) is 0 Å². The van der Waals surface area contributed by atoms with Crippen LogP contribution in [0.15, 0.2) is 24.3 Å². The van der Waals surface area contributed by atoms with Gasteiger partial charge in [0.2, 0.25) is 11.8 Å². The molecule has 0 bridgehead atoms. The van der Waals surface area contributed by atoms with Gasteiger partial charge in [-0.05, 0) is 11.6 Å². The first-order valence-electron chi connectivity index (χ1n) is 6.58. The predicted octanol–water partition coefficient (Wildman–Crippen LogP) is 1.49. The SMILES string of the molecule is CN(CC(O)C(F)(F)F)C(=O)C1CC(=O)Nc2ccccc21. The van der Waals surface area contributed by atoms with Gasteiger partial charge in [-0.1, -0.05) is 18.2 Å². The van der Waals surface area contributed by atoms with Crippen LogP contribution in [0.1, 0.15) is 17.9 Å². The summed E-state index contributed by atoms with van der Waals surface area (Å²) in [6.45, 7) is -0.872. The number of amides is 2. The second-order valence-electron chi connectivity index (χ2n) is 5.17. The maximum atomic E-state index is 12.4. The Bertz CT molecular complexity index is 589. The lowest BCUT2D eigenvalue weighted by Gasteiger charge is -2.29. The van der Waals surface area contributed by atoms with Gasteiger partial charge in [0.25, 0.3) is 0 Å². The van der Waals surface area contributed by atoms with Crippen molar-refractivity contribution in [3.8, 4) is 0 Å². The van der Waals surface area contributed by atoms with Crippen molar-refractivity contribution in [3.63, 3.8) is 0 Å². The van der Waals surface area contributed by atoms with Crippen LogP contribution in [-0.2, 0) is 9.59 Å². The Balaban J connectivity index is 2.17. The van der Waals surface area contributed by atoms with Crippen molar-refractivity contribution in [2.24, 2.45) is 0 Å². The van der Waals surface area contributed by atoms with Crippen molar-refractivity contribution in [3.05, 3.63) is 29.8 Å². The first-order valence-corrected chi connectivity index (χ1v) is 6.58. The number of likely N-dealkylation sites (N-methyl/N-ethyl adjacent to an activating group) is 1. The van der Waals surface area contributed by atoms with Crippen molar-refractivity contribution in [1.82, 2.24) is 4.90 Å². The molecule has 2 amide bonds. The molecule has 0 radical (unpaired) electrons. The highest BCUT2D eigenvalue weighted by atomic mass is 19.4. The number of benzene rings is 1. The quantitative estimate of drug-likeness (QED) is 0.888. The summed E-state index contributed by atoms with van der Waals surface area (Å²) in [4.78, 5) is 24.8. The number of fused-ring (bicyclic) bond motifs is 1. The fraction of sp³-hybridized carbons (Fsp3) is 0.429. The number of hydrogen-bond donors (Lipinski definition) is 2. The maximum absolute atomic E-state index is 12.4. The molecule has 2 unspecified atom stereocenters. The molecule has 5 nitrogen and oxygen atoms in total. The molecule has 0 spiro atoms. The third-order valence-corrected chi connectivity index (χ3v) is 3.50. The molecule has 1 heterocycles. The van der Waals surface area contributed by atoms with Gasteiger partial charge in [0.05, 0.1) is 12.5 Å². The van der Waals surface area contributed by atoms with Gasteiger partial charge in [0.15, 0.2) is 6.10 Å². The number of carbonyl (C=O) groups excluding carboxylic acids is 2. The van der Waals surface area contributed by atoms with Gasteiger partial charge in [-0.15, -0.1) is 0 Å². The van der Waals surface area contributed by atoms with Crippen molar-refractivity contribution < 1.29 is 27.9 Å². The van der Waals surface area contributed by atoms with Gasteiger partial charge >= 0.3 is 6.18 Å². The van der Waals surface area contributed by atoms with E-state index in [1.807, 2.05) is 0 Å². The zero-order valence-electron chi connectivity index (χ0n) is 11.7. The monoisotopic (exact) mass is 316 g/mol. The number of hydrogen-bond acceptors (Lipinski definition) is 3. The fourth-order valence-corrected chi connectivity index (χ4v) is 2.35. The summed E-state index contributed by atoms with van der Waals surface area (Å²) >= 11 is 0. The minimum atomic E-state index is -4.80. The number of carbonyl (C=O) groups is 2. The minimum absolute atomic E-state index is 0.137. The second kappa shape index (κ2) is 5.96. The van der Waals surface area contributed by atoms with Crippen LogP contribution in [0.3, 0.4) is 0 Å². The third-order valence-electron chi connectivity index (χ3n) is 3.50. The summed E-state index contributed by atoms with van der Waals surface area (Å²) in [5, 5.41) is 11.7. The Morgan fingerprint density at radius 1 is 1.45 bits per heavy atom. The van der Waals surface area contributed by atoms with Gasteiger partial charge in [0, 0.05) is 19.2 Å². The number of anilines is 1. The first-order chi connectivity index (χ1) is 10.2. The Morgan fingerprint density at radius 2 is 2.09 bits per heavy atom. The van der Waals surface area contributed by atoms with E-state index in [-0.39, 0.29) is 12.3 Å². The van der Waals surface area contributed by atoms with E-state index in [4.69, 9.17) is 5.11 Å². The number of rotatable bonds is 3. The van der Waals surface area contributed by atoms with E-state index in [0.717, 1.165) is 4.90 Å². The highest BCUT2D eigenvalue weighted by molar-refractivity contribution is 6.01. The third kappa shape index (κ3) is 3.38. The van der Waals surface area contributed by atoms with Crippen LogP contribution >= 0.6 is 0 Å². The zero-order chi connectivity index (χ0) is 16.5. The topological polar surface area (TPSA) is 69.6 Å². The number of para-hydroxylation sites is 1. The van der Waals surface area contributed by atoms with Crippen LogP contribution < -0.4 is 5.32 Å². The Labute approximate surface area is 124 Å². The lowest BCUT2D eigenvalue weighted by molar-refractivity contribution is -0.207. The number of aliphatic hydroxyl groups excluding tert-OH is 1. The molecule has 1 aliphatic heterocycles. The van der Waals surface area contributed by atoms with E-state index < -0.39 is 30.7 Å². The summed E-state index contributed by atoms with van der Waals surface area (Å²) in [7, 11) is 1.17. The normalized spacial score (nSPS) is 19.1. The van der Waals surface area contributed by atoms with Crippen molar-refractivity contribution >= 4 is 17.5 Å². The molecule has 1 aromatic carbocycles. The van der Waals surface area contributed by atoms with E-state index in [2.05, 4.69) is 5.32 Å². The second-order valence-corrected chi connectivity index (χ2v) is 5.17. The van der Waals surface area contributed by atoms with Crippen LogP contribution in [0.2, 0.25) is 0 Å². The molecule has 2 N–H and O–H groups in total. The number of alkyl halides is 3. The molecule has 0 aliphatic carbocycles. The number of nitrogens with one attached hydrogen (secondary N) is 1. The van der Waals surface area contributed by atoms with Crippen molar-refractivity contribution in [2.75, 3.05) is 18.9 Å². The fourth-order valence-electron chi connectivity index (χ4n) is 2.35. The van der Waals surface area contributed by atoms with Gasteiger partial charge in [-0.2, -0.15) is 13.2 Å². The molecular weight excluding hydrogens is 301 g/mol. The smallest absolute Gasteiger partial charge is 0.382 e. The van der Waals surface area contributed by atoms with Crippen LogP contribution in [-0.4, -0.2) is 47.7 Å². The zero-order valence-corrected chi connectivity index (χ0v) is 11.7. The summed E-state index contributed by atoms with van der Waals surface area (Å²) in [6, 6.07) is 6.63. The van der Waals surface area contributed by atoms with Crippen LogP contribution in [0, 0.1) is 0 Å². The predicted molar refractivity (Wildman–Crippen MR) is 72.1 cm³/mol. The van der Waals surface area contributed by atoms with Crippen molar-refractivity contribution in [2.45, 2.75) is 24.6 Å². The molecule has 8 heteroatoms. The molecule has 0 saturated heterocycles. The molecule has 0 aromatic heterocycles. The summed E-state index contributed by atoms with van der Waals surface area (Å²) in [6.07, 6.45) is -7.55. The Kier molecular flexibility index (Phi) is 4.41. The molecule has 0 saturated carbocycles. The summed E-state index contributed by atoms with van der Waals surface area (Å²) < 4.78 is 37.1. The van der Waals surface area contributed by atoms with Gasteiger partial charge in [-0.3, -0.25) is 9.59 Å². The van der Waals surface area contributed by atoms with Gasteiger partial charge in [0.1, 0.15) is 0 Å². The molecular formula is C14H15F3N2O3. The molecule has 1 aromatic rings. The number of nitrogens with zero attached hydrogens (tertiary/aromatic N) is 1. The molecule has 1 aliphatic rings. The van der Waals surface area contributed by atoms with E-state index in [1.54, 1.807) is 24.3 Å². The van der Waals surface area contributed by atoms with Crippen molar-refractivity contribution in [1.29, 1.82) is 0 Å². The summed E-state index contributed by atoms with van der Waals surface area (Å²) in [5.74, 6) is -1.86. The van der Waals surface area contributed by atoms with E-state index in [1.165, 1.54) is 7.05 Å². The summed E-state index contributed by atoms with van der Waals surface area (Å²) in [5.41, 5.74) is 1.03. The van der Waals surface area contributed by atoms with E-state index >= 15 is 0 Å². The average molecular weight is 316 g/mol.